The smallest absolute Gasteiger partial charge is 0.190 e. The van der Waals surface area contributed by atoms with E-state index in [9.17, 15) is 19.8 Å². The normalized spacial score (nSPS) is 43.9. The van der Waals surface area contributed by atoms with Crippen LogP contribution in [0.5, 0.6) is 0 Å². The molecular weight excluding hydrogens is 352 g/mol. The van der Waals surface area contributed by atoms with Gasteiger partial charge in [-0.05, 0) is 43.9 Å². The first kappa shape index (κ1) is 21.4. The van der Waals surface area contributed by atoms with Crippen molar-refractivity contribution in [3.63, 3.8) is 0 Å². The van der Waals surface area contributed by atoms with Crippen molar-refractivity contribution in [3.05, 3.63) is 23.8 Å². The van der Waals surface area contributed by atoms with Gasteiger partial charge in [-0.2, -0.15) is 0 Å². The Balaban J connectivity index is 0.000000706. The van der Waals surface area contributed by atoms with Crippen LogP contribution in [0.25, 0.3) is 0 Å². The third kappa shape index (κ3) is 2.87. The monoisotopic (exact) mass is 388 g/mol. The number of aliphatic hydroxyl groups excluding tert-OH is 1. The van der Waals surface area contributed by atoms with E-state index in [-0.39, 0.29) is 35.4 Å². The molecule has 0 aromatic heterocycles. The van der Waals surface area contributed by atoms with E-state index in [1.165, 1.54) is 12.0 Å². The van der Waals surface area contributed by atoms with Gasteiger partial charge in [0.15, 0.2) is 5.78 Å². The minimum Gasteiger partial charge on any atom is -0.388 e. The Kier molecular flexibility index (Phi) is 5.77. The van der Waals surface area contributed by atoms with Gasteiger partial charge in [0, 0.05) is 23.2 Å². The van der Waals surface area contributed by atoms with Crippen LogP contribution in [0, 0.1) is 28.6 Å². The molecule has 4 aliphatic carbocycles. The quantitative estimate of drug-likeness (QED) is 0.701. The van der Waals surface area contributed by atoms with Crippen molar-refractivity contribution < 1.29 is 19.8 Å². The highest BCUT2D eigenvalue weighted by molar-refractivity contribution is 5.92. The van der Waals surface area contributed by atoms with Crippen molar-refractivity contribution >= 4 is 11.6 Å². The summed E-state index contributed by atoms with van der Waals surface area (Å²) in [6.45, 7) is 7.68. The van der Waals surface area contributed by atoms with E-state index in [1.54, 1.807) is 0 Å². The largest absolute Gasteiger partial charge is 0.388 e. The molecular formula is C24H36O4. The maximum absolute atomic E-state index is 13.3. The van der Waals surface area contributed by atoms with Gasteiger partial charge in [-0.15, -0.1) is 0 Å². The van der Waals surface area contributed by atoms with E-state index in [0.717, 1.165) is 25.7 Å². The van der Waals surface area contributed by atoms with Gasteiger partial charge in [-0.3, -0.25) is 9.59 Å². The summed E-state index contributed by atoms with van der Waals surface area (Å²) in [4.78, 5) is 25.6. The number of allylic oxidation sites excluding steroid dienone is 4. The minimum absolute atomic E-state index is 0.0475. The molecule has 0 bridgehead atoms. The highest BCUT2D eigenvalue weighted by Gasteiger charge is 2.68. The molecule has 6 atom stereocenters. The van der Waals surface area contributed by atoms with Crippen LogP contribution in [-0.2, 0) is 9.59 Å². The summed E-state index contributed by atoms with van der Waals surface area (Å²) in [7, 11) is 0. The van der Waals surface area contributed by atoms with Crippen LogP contribution in [0.3, 0.4) is 0 Å². The van der Waals surface area contributed by atoms with E-state index >= 15 is 0 Å². The van der Waals surface area contributed by atoms with Gasteiger partial charge in [0.05, 0.1) is 0 Å². The maximum Gasteiger partial charge on any atom is 0.190 e. The van der Waals surface area contributed by atoms with Crippen molar-refractivity contribution in [3.8, 4) is 0 Å². The zero-order chi connectivity index (χ0) is 20.7. The van der Waals surface area contributed by atoms with E-state index in [2.05, 4.69) is 39.0 Å². The lowest BCUT2D eigenvalue weighted by atomic mass is 9.46. The van der Waals surface area contributed by atoms with Crippen LogP contribution in [0.2, 0.25) is 0 Å². The zero-order valence-corrected chi connectivity index (χ0v) is 17.8. The number of hydrogen-bond acceptors (Lipinski definition) is 4. The predicted molar refractivity (Wildman–Crippen MR) is 110 cm³/mol. The Hall–Kier alpha value is -1.26. The number of carbonyl (C=O) groups excluding carboxylic acids is 2. The molecule has 4 heteroatoms. The molecule has 0 spiro atoms. The first-order chi connectivity index (χ1) is 13.2. The molecule has 2 N–H and O–H groups in total. The second-order valence-corrected chi connectivity index (χ2v) is 9.68. The molecule has 0 saturated heterocycles. The van der Waals surface area contributed by atoms with Crippen LogP contribution in [0.15, 0.2) is 23.8 Å². The van der Waals surface area contributed by atoms with Gasteiger partial charge in [-0.25, -0.2) is 0 Å². The molecule has 3 fully saturated rings. The molecule has 0 heterocycles. The van der Waals surface area contributed by atoms with E-state index in [1.807, 2.05) is 6.92 Å². The number of rotatable bonds is 2. The first-order valence-corrected chi connectivity index (χ1v) is 11.0. The lowest BCUT2D eigenvalue weighted by Crippen LogP contribution is -2.60. The molecule has 0 aromatic carbocycles. The Labute approximate surface area is 169 Å². The predicted octanol–water partition coefficient (Wildman–Crippen LogP) is 4.00. The number of hydrogen-bond donors (Lipinski definition) is 2. The molecule has 0 amide bonds. The maximum atomic E-state index is 13.3. The zero-order valence-electron chi connectivity index (χ0n) is 17.8. The number of ketones is 2. The SMILES string of the molecule is CCC.C[C@]12C=CCC=C1CC[C@@H]1[C@@H]2C(=O)C[C@@]2(C)[C@H]1CC[C@]2(O)C(=O)CO. The molecule has 0 aromatic rings. The third-order valence-electron chi connectivity index (χ3n) is 8.07. The summed E-state index contributed by atoms with van der Waals surface area (Å²) >= 11 is 0. The van der Waals surface area contributed by atoms with Gasteiger partial charge in [0.2, 0.25) is 0 Å². The van der Waals surface area contributed by atoms with Crippen molar-refractivity contribution in [2.45, 2.75) is 78.2 Å². The number of fused-ring (bicyclic) bond motifs is 5. The number of aliphatic hydroxyl groups is 2. The average Bonchev–Trinajstić information content (AvgIpc) is 2.92. The van der Waals surface area contributed by atoms with E-state index in [0.29, 0.717) is 6.42 Å². The Morgan fingerprint density at radius 1 is 1.25 bits per heavy atom. The summed E-state index contributed by atoms with van der Waals surface area (Å²) < 4.78 is 0. The third-order valence-corrected chi connectivity index (χ3v) is 8.07. The topological polar surface area (TPSA) is 74.6 Å². The van der Waals surface area contributed by atoms with Gasteiger partial charge in [0.25, 0.3) is 0 Å². The molecule has 0 radical (unpaired) electrons. The first-order valence-electron chi connectivity index (χ1n) is 11.0. The second kappa shape index (κ2) is 7.53. The fraction of sp³-hybridized carbons (Fsp3) is 0.750. The fourth-order valence-corrected chi connectivity index (χ4v) is 6.76. The van der Waals surface area contributed by atoms with E-state index in [4.69, 9.17) is 0 Å². The van der Waals surface area contributed by atoms with Crippen molar-refractivity contribution in [2.75, 3.05) is 6.61 Å². The standard InChI is InChI=1S/C21H28O4.C3H8/c1-19-9-4-3-5-13(19)6-7-14-15-8-10-21(25,17(24)12-22)20(15,2)11-16(23)18(14)19;1-3-2/h4-5,9,14-15,18,22,25H,3,6-8,10-12H2,1-2H3;3H2,1-2H3/t14-,15-,18+,19-,20-,21-;/m0./s1. The van der Waals surface area contributed by atoms with E-state index < -0.39 is 23.4 Å². The summed E-state index contributed by atoms with van der Waals surface area (Å²) in [6.07, 6.45) is 12.2. The summed E-state index contributed by atoms with van der Waals surface area (Å²) in [5, 5.41) is 20.5. The van der Waals surface area contributed by atoms with Crippen molar-refractivity contribution in [2.24, 2.45) is 28.6 Å². The molecule has 156 valence electrons. The number of Topliss-reactive ketones (excluding diaryl/α,β-unsaturated/α-hetero) is 2. The van der Waals surface area contributed by atoms with Gasteiger partial charge < -0.3 is 10.2 Å². The Morgan fingerprint density at radius 2 is 1.93 bits per heavy atom. The van der Waals surface area contributed by atoms with Gasteiger partial charge in [-0.1, -0.05) is 57.9 Å². The van der Waals surface area contributed by atoms with Crippen molar-refractivity contribution in [1.29, 1.82) is 0 Å². The molecule has 4 rings (SSSR count). The van der Waals surface area contributed by atoms with Gasteiger partial charge >= 0.3 is 0 Å². The van der Waals surface area contributed by atoms with Crippen LogP contribution < -0.4 is 0 Å². The second-order valence-electron chi connectivity index (χ2n) is 9.68. The van der Waals surface area contributed by atoms with Crippen LogP contribution in [-0.4, -0.2) is 34.0 Å². The average molecular weight is 389 g/mol. The highest BCUT2D eigenvalue weighted by Crippen LogP contribution is 2.66. The lowest BCUT2D eigenvalue weighted by Gasteiger charge is -2.56. The number of carbonyl (C=O) groups is 2. The molecule has 28 heavy (non-hydrogen) atoms. The lowest BCUT2D eigenvalue weighted by molar-refractivity contribution is -0.168. The molecule has 4 nitrogen and oxygen atoms in total. The Bertz CT molecular complexity index is 707. The van der Waals surface area contributed by atoms with Crippen molar-refractivity contribution in [1.82, 2.24) is 0 Å². The molecule has 0 aliphatic heterocycles. The summed E-state index contributed by atoms with van der Waals surface area (Å²) in [5.74, 6) is -0.0341. The van der Waals surface area contributed by atoms with Crippen LogP contribution in [0.4, 0.5) is 0 Å². The summed E-state index contributed by atoms with van der Waals surface area (Å²) in [6, 6.07) is 0. The van der Waals surface area contributed by atoms with Crippen LogP contribution in [0.1, 0.15) is 72.6 Å². The Morgan fingerprint density at radius 3 is 2.57 bits per heavy atom. The fourth-order valence-electron chi connectivity index (χ4n) is 6.76. The molecule has 4 aliphatic rings. The molecule has 0 unspecified atom stereocenters. The highest BCUT2D eigenvalue weighted by atomic mass is 16.3. The summed E-state index contributed by atoms with van der Waals surface area (Å²) in [5.41, 5.74) is -1.14. The van der Waals surface area contributed by atoms with Crippen LogP contribution >= 0.6 is 0 Å². The molecule has 3 saturated carbocycles. The minimum atomic E-state index is -1.56. The van der Waals surface area contributed by atoms with Gasteiger partial charge in [0.1, 0.15) is 18.0 Å².